The van der Waals surface area contributed by atoms with Crippen molar-refractivity contribution in [2.45, 2.75) is 6.92 Å². The van der Waals surface area contributed by atoms with Crippen LogP contribution in [0.2, 0.25) is 0 Å². The molecule has 0 aliphatic carbocycles. The summed E-state index contributed by atoms with van der Waals surface area (Å²) in [6.45, 7) is 4.59. The highest BCUT2D eigenvalue weighted by molar-refractivity contribution is 4.64. The number of hydrogen-bond acceptors (Lipinski definition) is 2. The summed E-state index contributed by atoms with van der Waals surface area (Å²) < 4.78 is 0. The van der Waals surface area contributed by atoms with E-state index in [4.69, 9.17) is 0 Å². The van der Waals surface area contributed by atoms with Crippen molar-refractivity contribution in [1.29, 1.82) is 0 Å². The van der Waals surface area contributed by atoms with Gasteiger partial charge in [0.25, 0.3) is 0 Å². The Morgan fingerprint density at radius 3 is 2.57 bits per heavy atom. The molecule has 1 atom stereocenters. The molecule has 1 rings (SSSR count). The van der Waals surface area contributed by atoms with Gasteiger partial charge < -0.3 is 0 Å². The number of hydrazine groups is 1. The topological polar surface area (TPSA) is 15.3 Å². The Hall–Kier alpha value is -0.0800. The average molecular weight is 100 g/mol. The predicted octanol–water partition coefficient (Wildman–Crippen LogP) is 0.0725. The summed E-state index contributed by atoms with van der Waals surface area (Å²) in [5, 5.41) is 2.13. The SMILES string of the molecule is C[C@@H]1CNN(C)C1. The van der Waals surface area contributed by atoms with E-state index in [1.807, 2.05) is 0 Å². The maximum Gasteiger partial charge on any atom is 0.0166 e. The molecule has 42 valence electrons. The summed E-state index contributed by atoms with van der Waals surface area (Å²) in [6, 6.07) is 0. The summed E-state index contributed by atoms with van der Waals surface area (Å²) in [7, 11) is 2.07. The zero-order valence-corrected chi connectivity index (χ0v) is 4.94. The van der Waals surface area contributed by atoms with Gasteiger partial charge in [-0.05, 0) is 5.92 Å². The number of nitrogens with one attached hydrogen (secondary N) is 1. The molecular formula is C5H12N2. The second-order valence-electron chi connectivity index (χ2n) is 2.35. The fourth-order valence-corrected chi connectivity index (χ4v) is 0.908. The zero-order chi connectivity index (χ0) is 5.28. The van der Waals surface area contributed by atoms with Gasteiger partial charge in [-0.2, -0.15) is 0 Å². The van der Waals surface area contributed by atoms with Gasteiger partial charge in [-0.25, -0.2) is 5.01 Å². The van der Waals surface area contributed by atoms with Crippen LogP contribution in [0.4, 0.5) is 0 Å². The Labute approximate surface area is 44.5 Å². The highest BCUT2D eigenvalue weighted by Crippen LogP contribution is 2.00. The molecule has 2 heteroatoms. The molecule has 0 amide bonds. The molecule has 1 saturated heterocycles. The monoisotopic (exact) mass is 100 g/mol. The van der Waals surface area contributed by atoms with Crippen LogP contribution in [0.3, 0.4) is 0 Å². The molecule has 0 aromatic carbocycles. The Bertz CT molecular complexity index is 55.1. The van der Waals surface area contributed by atoms with Crippen molar-refractivity contribution in [1.82, 2.24) is 10.4 Å². The summed E-state index contributed by atoms with van der Waals surface area (Å²) >= 11 is 0. The van der Waals surface area contributed by atoms with Crippen molar-refractivity contribution in [3.05, 3.63) is 0 Å². The molecule has 2 nitrogen and oxygen atoms in total. The largest absolute Gasteiger partial charge is 0.255 e. The quantitative estimate of drug-likeness (QED) is 0.463. The standard InChI is InChI=1S/C5H12N2/c1-5-3-6-7(2)4-5/h5-6H,3-4H2,1-2H3/t5-/m1/s1. The van der Waals surface area contributed by atoms with Crippen molar-refractivity contribution >= 4 is 0 Å². The van der Waals surface area contributed by atoms with Gasteiger partial charge in [0, 0.05) is 20.1 Å². The Morgan fingerprint density at radius 2 is 2.43 bits per heavy atom. The average Bonchev–Trinajstić information content (AvgIpc) is 1.87. The van der Waals surface area contributed by atoms with Gasteiger partial charge in [-0.3, -0.25) is 5.43 Å². The molecule has 0 radical (unpaired) electrons. The number of hydrogen-bond donors (Lipinski definition) is 1. The lowest BCUT2D eigenvalue weighted by atomic mass is 10.2. The summed E-state index contributed by atoms with van der Waals surface area (Å²) in [5.74, 6) is 0.838. The molecule has 1 N–H and O–H groups in total. The molecule has 1 heterocycles. The third-order valence-electron chi connectivity index (χ3n) is 1.30. The molecule has 0 aromatic heterocycles. The molecule has 7 heavy (non-hydrogen) atoms. The maximum atomic E-state index is 3.20. The van der Waals surface area contributed by atoms with E-state index in [1.54, 1.807) is 0 Å². The zero-order valence-electron chi connectivity index (χ0n) is 4.94. The van der Waals surface area contributed by atoms with Gasteiger partial charge >= 0.3 is 0 Å². The molecule has 0 spiro atoms. The van der Waals surface area contributed by atoms with Crippen LogP contribution in [0.1, 0.15) is 6.92 Å². The van der Waals surface area contributed by atoms with Crippen molar-refractivity contribution in [2.24, 2.45) is 5.92 Å². The van der Waals surface area contributed by atoms with Crippen molar-refractivity contribution < 1.29 is 0 Å². The molecular weight excluding hydrogens is 88.1 g/mol. The first-order valence-corrected chi connectivity index (χ1v) is 2.73. The normalized spacial score (nSPS) is 34.3. The molecule has 1 aliphatic heterocycles. The van der Waals surface area contributed by atoms with Gasteiger partial charge in [0.1, 0.15) is 0 Å². The first kappa shape index (κ1) is 5.06. The van der Waals surface area contributed by atoms with E-state index in [2.05, 4.69) is 24.4 Å². The van der Waals surface area contributed by atoms with E-state index >= 15 is 0 Å². The van der Waals surface area contributed by atoms with Crippen LogP contribution in [-0.2, 0) is 0 Å². The van der Waals surface area contributed by atoms with E-state index < -0.39 is 0 Å². The minimum atomic E-state index is 0.838. The first-order chi connectivity index (χ1) is 3.29. The minimum absolute atomic E-state index is 0.838. The Kier molecular flexibility index (Phi) is 1.30. The van der Waals surface area contributed by atoms with Crippen molar-refractivity contribution in [3.63, 3.8) is 0 Å². The van der Waals surface area contributed by atoms with Crippen LogP contribution in [-0.4, -0.2) is 25.1 Å². The summed E-state index contributed by atoms with van der Waals surface area (Å²) in [4.78, 5) is 0. The fraction of sp³-hybridized carbons (Fsp3) is 1.00. The Balaban J connectivity index is 2.26. The van der Waals surface area contributed by atoms with E-state index in [0.29, 0.717) is 0 Å². The summed E-state index contributed by atoms with van der Waals surface area (Å²) in [6.07, 6.45) is 0. The minimum Gasteiger partial charge on any atom is -0.255 e. The smallest absolute Gasteiger partial charge is 0.0166 e. The molecule has 1 fully saturated rings. The van der Waals surface area contributed by atoms with E-state index in [0.717, 1.165) is 12.5 Å². The predicted molar refractivity (Wildman–Crippen MR) is 29.8 cm³/mol. The fourth-order valence-electron chi connectivity index (χ4n) is 0.908. The van der Waals surface area contributed by atoms with Gasteiger partial charge in [-0.1, -0.05) is 6.92 Å². The lowest BCUT2D eigenvalue weighted by molar-refractivity contribution is 0.311. The van der Waals surface area contributed by atoms with Gasteiger partial charge in [0.05, 0.1) is 0 Å². The van der Waals surface area contributed by atoms with E-state index in [-0.39, 0.29) is 0 Å². The molecule has 0 aromatic rings. The van der Waals surface area contributed by atoms with Crippen LogP contribution in [0.15, 0.2) is 0 Å². The van der Waals surface area contributed by atoms with E-state index in [9.17, 15) is 0 Å². The van der Waals surface area contributed by atoms with Crippen LogP contribution in [0.25, 0.3) is 0 Å². The first-order valence-electron chi connectivity index (χ1n) is 2.73. The molecule has 0 bridgehead atoms. The van der Waals surface area contributed by atoms with Crippen LogP contribution in [0, 0.1) is 5.92 Å². The van der Waals surface area contributed by atoms with Crippen molar-refractivity contribution in [3.8, 4) is 0 Å². The highest BCUT2D eigenvalue weighted by atomic mass is 15.5. The second kappa shape index (κ2) is 1.80. The number of rotatable bonds is 0. The maximum absolute atomic E-state index is 3.20. The van der Waals surface area contributed by atoms with Crippen molar-refractivity contribution in [2.75, 3.05) is 20.1 Å². The lowest BCUT2D eigenvalue weighted by Gasteiger charge is -2.03. The Morgan fingerprint density at radius 1 is 1.71 bits per heavy atom. The lowest BCUT2D eigenvalue weighted by Crippen LogP contribution is -2.25. The van der Waals surface area contributed by atoms with Crippen LogP contribution < -0.4 is 5.43 Å². The molecule has 1 aliphatic rings. The van der Waals surface area contributed by atoms with Gasteiger partial charge in [0.2, 0.25) is 0 Å². The highest BCUT2D eigenvalue weighted by Gasteiger charge is 2.12. The van der Waals surface area contributed by atoms with Crippen LogP contribution >= 0.6 is 0 Å². The third kappa shape index (κ3) is 1.14. The summed E-state index contributed by atoms with van der Waals surface area (Å²) in [5.41, 5.74) is 3.20. The van der Waals surface area contributed by atoms with Crippen LogP contribution in [0.5, 0.6) is 0 Å². The molecule has 0 saturated carbocycles. The van der Waals surface area contributed by atoms with Gasteiger partial charge in [-0.15, -0.1) is 0 Å². The number of nitrogens with zero attached hydrogens (tertiary/aromatic N) is 1. The molecule has 0 unspecified atom stereocenters. The van der Waals surface area contributed by atoms with Gasteiger partial charge in [0.15, 0.2) is 0 Å². The third-order valence-corrected chi connectivity index (χ3v) is 1.30. The second-order valence-corrected chi connectivity index (χ2v) is 2.35. The van der Waals surface area contributed by atoms with E-state index in [1.165, 1.54) is 6.54 Å².